The summed E-state index contributed by atoms with van der Waals surface area (Å²) >= 11 is 0. The van der Waals surface area contributed by atoms with Crippen LogP contribution in [0, 0.1) is 0 Å². The molecule has 1 aliphatic rings. The molecule has 5 nitrogen and oxygen atoms in total. The van der Waals surface area contributed by atoms with Crippen LogP contribution in [0.25, 0.3) is 10.9 Å². The Morgan fingerprint density at radius 3 is 3.29 bits per heavy atom. The molecule has 1 fully saturated rings. The Balaban J connectivity index is 1.99. The van der Waals surface area contributed by atoms with Crippen molar-refractivity contribution in [2.75, 3.05) is 27.0 Å². The van der Waals surface area contributed by atoms with Crippen LogP contribution in [0.15, 0.2) is 24.4 Å². The Bertz CT molecular complexity index is 1050. The molecule has 0 unspecified atom stereocenters. The minimum absolute atomic E-state index is 0.121. The Hall–Kier alpha value is -2.01. The van der Waals surface area contributed by atoms with E-state index in [-0.39, 0.29) is 16.9 Å². The summed E-state index contributed by atoms with van der Waals surface area (Å²) in [5.41, 5.74) is 0.932. The fraction of sp³-hybridized carbons (Fsp3) is 0.438. The highest BCUT2D eigenvalue weighted by molar-refractivity contribution is 5.84. The number of fused-ring (bicyclic) bond motifs is 1. The highest BCUT2D eigenvalue weighted by atomic mass is 16.6. The van der Waals surface area contributed by atoms with Gasteiger partial charge in [-0.3, -0.25) is 0 Å². The molecule has 1 amide bonds. The predicted molar refractivity (Wildman–Crippen MR) is 82.5 cm³/mol. The molecule has 21 heavy (non-hydrogen) atoms. The standard InChI is InChI=1S/C16H21N3O2/c1-19(2)6-5-12-9-17-15-4-3-11(8-14(12)15)7-13-10-21-16(20)18-13/h3-4,8-9,13,17H,5-7,10H2,1-2H3,(H,18,20)/t13-/m0/s1/i1D3,2D3,6D2,10D2/hD2. The first-order valence-corrected chi connectivity index (χ1v) is 6.28. The van der Waals surface area contributed by atoms with E-state index in [9.17, 15) is 4.79 Å². The van der Waals surface area contributed by atoms with E-state index in [2.05, 4.69) is 4.74 Å². The molecule has 1 aliphatic heterocycles. The normalized spacial score (nSPS) is 31.4. The van der Waals surface area contributed by atoms with E-state index in [1.165, 1.54) is 18.3 Å². The zero-order chi connectivity index (χ0) is 25.1. The average Bonchev–Trinajstić information content (AvgIpc) is 2.99. The molecule has 2 N–H and O–H groups in total. The number of nitrogens with zero attached hydrogens (tertiary/aromatic N) is 1. The summed E-state index contributed by atoms with van der Waals surface area (Å²) in [6, 6.07) is 3.31. The summed E-state index contributed by atoms with van der Waals surface area (Å²) in [6.45, 7) is -11.7. The summed E-state index contributed by atoms with van der Waals surface area (Å²) < 4.78 is 97.3. The summed E-state index contributed by atoms with van der Waals surface area (Å²) in [6.07, 6.45) is -0.676. The first kappa shape index (κ1) is 5.65. The fourth-order valence-electron chi connectivity index (χ4n) is 2.21. The molecule has 2 heterocycles. The van der Waals surface area contributed by atoms with E-state index in [1.807, 2.05) is 0 Å². The number of hydrogen-bond acceptors (Lipinski definition) is 3. The van der Waals surface area contributed by atoms with Gasteiger partial charge in [0.1, 0.15) is 6.56 Å². The second kappa shape index (κ2) is 5.77. The van der Waals surface area contributed by atoms with Gasteiger partial charge >= 0.3 is 6.09 Å². The van der Waals surface area contributed by atoms with Gasteiger partial charge in [-0.2, -0.15) is 0 Å². The number of aromatic amines is 1. The number of benzene rings is 1. The van der Waals surface area contributed by atoms with Crippen molar-refractivity contribution in [1.29, 1.82) is 0 Å². The van der Waals surface area contributed by atoms with Crippen LogP contribution < -0.4 is 5.31 Å². The smallest absolute Gasteiger partial charge is 0.407 e. The summed E-state index contributed by atoms with van der Waals surface area (Å²) in [5.74, 6) is 0. The van der Waals surface area contributed by atoms with Crippen LogP contribution in [0.3, 0.4) is 0 Å². The molecule has 112 valence electrons. The molecular weight excluding hydrogens is 266 g/mol. The van der Waals surface area contributed by atoms with Gasteiger partial charge in [-0.15, -0.1) is 0 Å². The van der Waals surface area contributed by atoms with Gasteiger partial charge in [0.05, 0.1) is 8.78 Å². The van der Waals surface area contributed by atoms with Crippen molar-refractivity contribution in [1.82, 2.24) is 15.2 Å². The highest BCUT2D eigenvalue weighted by Crippen LogP contribution is 2.21. The number of likely N-dealkylation sites (N-methyl/N-ethyl adjacent to an activating group) is 1. The number of alkyl carbamates (subject to hydrolysis) is 1. The van der Waals surface area contributed by atoms with Crippen molar-refractivity contribution in [3.8, 4) is 0 Å². The number of cyclic esters (lactones) is 1. The first-order valence-electron chi connectivity index (χ1n) is 12.2. The van der Waals surface area contributed by atoms with Gasteiger partial charge in [0.25, 0.3) is 0 Å². The number of hydrogen-bond donors (Lipinski definition) is 2. The van der Waals surface area contributed by atoms with E-state index in [0.29, 0.717) is 21.8 Å². The van der Waals surface area contributed by atoms with Gasteiger partial charge in [0.15, 0.2) is 2.82 Å². The lowest BCUT2D eigenvalue weighted by Crippen LogP contribution is -2.28. The van der Waals surface area contributed by atoms with Crippen LogP contribution in [0.2, 0.25) is 2.82 Å². The largest absolute Gasteiger partial charge is 0.447 e. The molecular formula is C16H21N3O2. The minimum atomic E-state index is -3.25. The highest BCUT2D eigenvalue weighted by Gasteiger charge is 2.22. The lowest BCUT2D eigenvalue weighted by molar-refractivity contribution is 0.177. The lowest BCUT2D eigenvalue weighted by Gasteiger charge is -2.09. The molecule has 1 aromatic carbocycles. The molecule has 0 bridgehead atoms. The van der Waals surface area contributed by atoms with Crippen LogP contribution in [0.1, 0.15) is 24.8 Å². The van der Waals surface area contributed by atoms with E-state index in [0.717, 1.165) is 4.98 Å². The second-order valence-corrected chi connectivity index (χ2v) is 4.64. The quantitative estimate of drug-likeness (QED) is 0.887. The summed E-state index contributed by atoms with van der Waals surface area (Å²) in [4.78, 5) is 12.3. The number of aryl methyl sites for hydroxylation is 1. The van der Waals surface area contributed by atoms with Gasteiger partial charge in [-0.1, -0.05) is 6.07 Å². The number of nitrogens with one attached hydrogen (secondary N) is 2. The third-order valence-electron chi connectivity index (χ3n) is 3.17. The van der Waals surface area contributed by atoms with E-state index in [4.69, 9.17) is 16.5 Å². The Labute approximate surface area is 141 Å². The SMILES string of the molecule is [2H]N1C(=O)OC([2H])([2H])[C@@H]1Cc1ccc2c(c1)c(CC([2H])([2H])N(C([2H])([2H])[2H])C([2H])([2H])[2H])cn2[2H]. The van der Waals surface area contributed by atoms with E-state index < -0.39 is 45.6 Å². The molecule has 0 radical (unpaired) electrons. The molecule has 2 aromatic rings. The fourth-order valence-corrected chi connectivity index (χ4v) is 2.21. The van der Waals surface area contributed by atoms with Crippen LogP contribution in [0.5, 0.6) is 0 Å². The topological polar surface area (TPSA) is 57.4 Å². The van der Waals surface area contributed by atoms with Crippen molar-refractivity contribution in [3.63, 3.8) is 0 Å². The number of rotatable bonds is 5. The van der Waals surface area contributed by atoms with Gasteiger partial charge in [0, 0.05) is 34.6 Å². The molecule has 3 rings (SSSR count). The first-order chi connectivity index (χ1) is 14.8. The third kappa shape index (κ3) is 3.19. The maximum Gasteiger partial charge on any atom is 0.407 e. The molecule has 0 aliphatic carbocycles. The van der Waals surface area contributed by atoms with Gasteiger partial charge in [0.2, 0.25) is 0 Å². The molecule has 1 aromatic heterocycles. The number of carbonyl (C=O) groups is 1. The Morgan fingerprint density at radius 1 is 1.62 bits per heavy atom. The van der Waals surface area contributed by atoms with Crippen molar-refractivity contribution in [2.24, 2.45) is 0 Å². The zero-order valence-electron chi connectivity index (χ0n) is 23.0. The van der Waals surface area contributed by atoms with Crippen molar-refractivity contribution in [3.05, 3.63) is 35.5 Å². The number of H-pyrrole nitrogens is 1. The van der Waals surface area contributed by atoms with Crippen LogP contribution >= 0.6 is 0 Å². The van der Waals surface area contributed by atoms with Gasteiger partial charge in [-0.05, 0) is 50.1 Å². The number of amides is 1. The second-order valence-electron chi connectivity index (χ2n) is 4.64. The molecule has 0 spiro atoms. The monoisotopic (exact) mass is 299 g/mol. The Kier molecular flexibility index (Phi) is 1.55. The maximum atomic E-state index is 11.6. The zero-order valence-corrected chi connectivity index (χ0v) is 11.0. The molecule has 1 saturated heterocycles. The molecule has 5 heteroatoms. The number of aromatic nitrogens is 1. The van der Waals surface area contributed by atoms with Crippen LogP contribution in [-0.4, -0.2) is 49.0 Å². The van der Waals surface area contributed by atoms with Crippen molar-refractivity contribution < 1.29 is 26.1 Å². The predicted octanol–water partition coefficient (Wildman–Crippen LogP) is 1.92. The molecule has 1 atom stereocenters. The maximum absolute atomic E-state index is 11.6. The number of ether oxygens (including phenoxy) is 1. The van der Waals surface area contributed by atoms with Crippen molar-refractivity contribution in [2.45, 2.75) is 18.9 Å². The van der Waals surface area contributed by atoms with Crippen molar-refractivity contribution >= 4 is 17.0 Å². The number of carbonyl (C=O) groups excluding carboxylic acids is 1. The van der Waals surface area contributed by atoms with Crippen LogP contribution in [0.4, 0.5) is 4.79 Å². The minimum Gasteiger partial charge on any atom is -0.447 e. The third-order valence-corrected chi connectivity index (χ3v) is 3.17. The average molecular weight is 299 g/mol. The molecule has 0 saturated carbocycles. The lowest BCUT2D eigenvalue weighted by atomic mass is 10.0. The van der Waals surface area contributed by atoms with Gasteiger partial charge in [-0.25, -0.2) is 4.79 Å². The Morgan fingerprint density at radius 2 is 2.52 bits per heavy atom. The summed E-state index contributed by atoms with van der Waals surface area (Å²) in [5, 5.41) is 0.717. The van der Waals surface area contributed by atoms with Crippen LogP contribution in [-0.2, 0) is 17.6 Å². The van der Waals surface area contributed by atoms with E-state index >= 15 is 0 Å². The van der Waals surface area contributed by atoms with E-state index in [1.54, 1.807) is 6.07 Å². The summed E-state index contributed by atoms with van der Waals surface area (Å²) in [7, 11) is 0. The van der Waals surface area contributed by atoms with Gasteiger partial charge < -0.3 is 19.9 Å².